The zero-order valence-corrected chi connectivity index (χ0v) is 21.8. The summed E-state index contributed by atoms with van der Waals surface area (Å²) in [6.07, 6.45) is -0.0269. The number of hydrogen-bond donors (Lipinski definition) is 4. The fraction of sp³-hybridized carbons (Fsp3) is 0.652. The van der Waals surface area contributed by atoms with Gasteiger partial charge in [0.2, 0.25) is 11.8 Å². The number of nitrogens with zero attached hydrogens (tertiary/aromatic N) is 3. The molecule has 1 aromatic rings. The van der Waals surface area contributed by atoms with E-state index in [1.54, 1.807) is 12.3 Å². The van der Waals surface area contributed by atoms with Crippen LogP contribution in [-0.4, -0.2) is 80.1 Å². The molecule has 0 saturated carbocycles. The Bertz CT molecular complexity index is 1040. The van der Waals surface area contributed by atoms with Crippen molar-refractivity contribution in [3.05, 3.63) is 16.0 Å². The second kappa shape index (κ2) is 10.1. The van der Waals surface area contributed by atoms with Crippen LogP contribution in [0.5, 0.6) is 0 Å². The molecule has 0 unspecified atom stereocenters. The zero-order valence-electron chi connectivity index (χ0n) is 20.2. The Morgan fingerprint density at radius 3 is 2.60 bits per heavy atom. The third kappa shape index (κ3) is 4.56. The molecule has 4 heterocycles. The minimum Gasteiger partial charge on any atom is -0.477 e. The normalized spacial score (nSPS) is 26.7. The van der Waals surface area contributed by atoms with Crippen molar-refractivity contribution < 1.29 is 29.7 Å². The number of carbonyl (C=O) groups excluding carboxylic acids is 2. The number of carbonyl (C=O) groups is 3. The standard InChI is InChI=1S/C23H32N4O6S2/c1-5-10(2)14(8-28)20(30)24-15-9-34-23(25-15)26-6-13(7-26)35-19-11(3)17-16(12(4)29)21(31)27(17)18(19)22(32)33/h9-14,16-17,28-29H,5-8H2,1-4H3,(H,24,30)(H,32,33)/t10-,11+,12+,14+,16+,17+/m0/s1. The molecule has 3 aliphatic rings. The molecule has 0 bridgehead atoms. The zero-order chi connectivity index (χ0) is 25.6. The number of rotatable bonds is 10. The number of fused-ring (bicyclic) bond motifs is 1. The van der Waals surface area contributed by atoms with Gasteiger partial charge in [-0.1, -0.05) is 27.2 Å². The minimum absolute atomic E-state index is 0.0480. The van der Waals surface area contributed by atoms with Crippen LogP contribution in [0.2, 0.25) is 0 Å². The number of carboxylic acids is 1. The van der Waals surface area contributed by atoms with Crippen molar-refractivity contribution in [1.29, 1.82) is 0 Å². The highest BCUT2D eigenvalue weighted by molar-refractivity contribution is 8.03. The molecule has 0 radical (unpaired) electrons. The molecule has 3 aliphatic heterocycles. The number of β-lactam (4-membered cyclic amide) rings is 1. The maximum atomic E-state index is 12.5. The number of aliphatic hydroxyl groups excluding tert-OH is 2. The Kier molecular flexibility index (Phi) is 7.46. The van der Waals surface area contributed by atoms with Crippen LogP contribution in [0.1, 0.15) is 34.1 Å². The number of thioether (sulfide) groups is 1. The number of amides is 2. The third-order valence-corrected chi connectivity index (χ3v) is 9.68. The number of aromatic nitrogens is 1. The summed E-state index contributed by atoms with van der Waals surface area (Å²) in [6.45, 7) is 8.53. The summed E-state index contributed by atoms with van der Waals surface area (Å²) < 4.78 is 0. The molecule has 0 aromatic carbocycles. The number of carboxylic acid groups (broad SMARTS) is 1. The Labute approximate surface area is 212 Å². The smallest absolute Gasteiger partial charge is 0.353 e. The fourth-order valence-electron chi connectivity index (χ4n) is 5.02. The lowest BCUT2D eigenvalue weighted by molar-refractivity contribution is -0.163. The van der Waals surface area contributed by atoms with Crippen LogP contribution in [-0.2, 0) is 14.4 Å². The monoisotopic (exact) mass is 524 g/mol. The molecule has 2 fully saturated rings. The van der Waals surface area contributed by atoms with Gasteiger partial charge in [-0.2, -0.15) is 0 Å². The third-order valence-electron chi connectivity index (χ3n) is 7.33. The van der Waals surface area contributed by atoms with Crippen molar-refractivity contribution in [3.63, 3.8) is 0 Å². The van der Waals surface area contributed by atoms with E-state index in [9.17, 15) is 29.7 Å². The van der Waals surface area contributed by atoms with E-state index in [0.717, 1.165) is 11.6 Å². The summed E-state index contributed by atoms with van der Waals surface area (Å²) in [7, 11) is 0. The van der Waals surface area contributed by atoms with Crippen molar-refractivity contribution in [1.82, 2.24) is 9.88 Å². The first-order valence-corrected chi connectivity index (χ1v) is 13.6. The first-order chi connectivity index (χ1) is 16.6. The first kappa shape index (κ1) is 25.9. The van der Waals surface area contributed by atoms with Gasteiger partial charge in [0.1, 0.15) is 11.5 Å². The van der Waals surface area contributed by atoms with Gasteiger partial charge in [0.25, 0.3) is 0 Å². The molecule has 0 aliphatic carbocycles. The summed E-state index contributed by atoms with van der Waals surface area (Å²) in [5, 5.41) is 34.8. The lowest BCUT2D eigenvalue weighted by Gasteiger charge is -2.46. The minimum atomic E-state index is -1.12. The van der Waals surface area contributed by atoms with Crippen LogP contribution in [0, 0.1) is 23.7 Å². The largest absolute Gasteiger partial charge is 0.477 e. The number of hydrogen-bond acceptors (Lipinski definition) is 9. The SMILES string of the molecule is CC[C@H](C)[C@@H](CO)C(=O)Nc1csc(N2CC(SC3=C(C(=O)O)N4C(=O)[C@H]([C@@H](C)O)[C@H]4[C@H]3C)C2)n1. The number of aliphatic carboxylic acids is 1. The number of thiazole rings is 1. The van der Waals surface area contributed by atoms with Gasteiger partial charge >= 0.3 is 5.97 Å². The van der Waals surface area contributed by atoms with Crippen molar-refractivity contribution in [2.75, 3.05) is 29.9 Å². The highest BCUT2D eigenvalue weighted by Gasteiger charge is 2.60. The van der Waals surface area contributed by atoms with E-state index in [-0.39, 0.29) is 47.2 Å². The summed E-state index contributed by atoms with van der Waals surface area (Å²) in [5.41, 5.74) is 0.0480. The molecular weight excluding hydrogens is 492 g/mol. The average Bonchev–Trinajstić information content (AvgIpc) is 3.31. The van der Waals surface area contributed by atoms with Gasteiger partial charge in [0, 0.05) is 34.5 Å². The quantitative estimate of drug-likeness (QED) is 0.337. The van der Waals surface area contributed by atoms with Crippen molar-refractivity contribution >= 4 is 51.8 Å². The molecule has 1 aromatic heterocycles. The Balaban J connectivity index is 1.36. The Morgan fingerprint density at radius 2 is 2.03 bits per heavy atom. The van der Waals surface area contributed by atoms with Crippen LogP contribution in [0.15, 0.2) is 16.0 Å². The lowest BCUT2D eigenvalue weighted by Crippen LogP contribution is -2.63. The molecule has 2 amide bonds. The van der Waals surface area contributed by atoms with Crippen molar-refractivity contribution in [2.24, 2.45) is 23.7 Å². The van der Waals surface area contributed by atoms with Gasteiger partial charge in [-0.15, -0.1) is 23.1 Å². The van der Waals surface area contributed by atoms with E-state index < -0.39 is 23.9 Å². The van der Waals surface area contributed by atoms with Crippen molar-refractivity contribution in [3.8, 4) is 0 Å². The maximum absolute atomic E-state index is 12.5. The lowest BCUT2D eigenvalue weighted by atomic mass is 9.79. The number of anilines is 2. The Morgan fingerprint density at radius 1 is 1.34 bits per heavy atom. The van der Waals surface area contributed by atoms with Crippen LogP contribution in [0.4, 0.5) is 10.9 Å². The van der Waals surface area contributed by atoms with Crippen molar-refractivity contribution in [2.45, 2.75) is 51.5 Å². The summed E-state index contributed by atoms with van der Waals surface area (Å²) in [5.74, 6) is -2.36. The molecule has 4 N–H and O–H groups in total. The van der Waals surface area contributed by atoms with E-state index in [0.29, 0.717) is 23.8 Å². The summed E-state index contributed by atoms with van der Waals surface area (Å²) >= 11 is 2.91. The summed E-state index contributed by atoms with van der Waals surface area (Å²) in [6, 6.07) is -0.310. The van der Waals surface area contributed by atoms with Crippen LogP contribution in [0.25, 0.3) is 0 Å². The highest BCUT2D eigenvalue weighted by Crippen LogP contribution is 2.52. The molecule has 12 heteroatoms. The van der Waals surface area contributed by atoms with Crippen LogP contribution >= 0.6 is 23.1 Å². The van der Waals surface area contributed by atoms with Crippen LogP contribution in [0.3, 0.4) is 0 Å². The van der Waals surface area contributed by atoms with E-state index >= 15 is 0 Å². The van der Waals surface area contributed by atoms with Gasteiger partial charge < -0.3 is 30.4 Å². The molecule has 10 nitrogen and oxygen atoms in total. The molecule has 35 heavy (non-hydrogen) atoms. The van der Waals surface area contributed by atoms with E-state index in [4.69, 9.17) is 0 Å². The number of nitrogens with one attached hydrogen (secondary N) is 1. The first-order valence-electron chi connectivity index (χ1n) is 11.9. The maximum Gasteiger partial charge on any atom is 0.353 e. The second-order valence-corrected chi connectivity index (χ2v) is 11.8. The molecule has 6 atom stereocenters. The van der Waals surface area contributed by atoms with Crippen LogP contribution < -0.4 is 10.2 Å². The molecule has 0 spiro atoms. The Hall–Kier alpha value is -2.15. The fourth-order valence-corrected chi connectivity index (χ4v) is 7.32. The van der Waals surface area contributed by atoms with E-state index in [1.807, 2.05) is 20.8 Å². The topological polar surface area (TPSA) is 143 Å². The predicted octanol–water partition coefficient (Wildman–Crippen LogP) is 1.81. The molecule has 2 saturated heterocycles. The molecule has 192 valence electrons. The van der Waals surface area contributed by atoms with Gasteiger partial charge in [0.15, 0.2) is 5.13 Å². The second-order valence-electron chi connectivity index (χ2n) is 9.60. The van der Waals surface area contributed by atoms with Gasteiger partial charge in [-0.25, -0.2) is 9.78 Å². The van der Waals surface area contributed by atoms with Gasteiger partial charge in [0.05, 0.1) is 30.6 Å². The predicted molar refractivity (Wildman–Crippen MR) is 134 cm³/mol. The molecular formula is C23H32N4O6S2. The average molecular weight is 525 g/mol. The highest BCUT2D eigenvalue weighted by atomic mass is 32.2. The summed E-state index contributed by atoms with van der Waals surface area (Å²) in [4.78, 5) is 45.6. The van der Waals surface area contributed by atoms with E-state index in [1.165, 1.54) is 28.0 Å². The number of aliphatic hydroxyl groups is 2. The molecule has 4 rings (SSSR count). The van der Waals surface area contributed by atoms with Gasteiger partial charge in [-0.3, -0.25) is 9.59 Å². The van der Waals surface area contributed by atoms with E-state index in [2.05, 4.69) is 15.2 Å². The van der Waals surface area contributed by atoms with Gasteiger partial charge in [-0.05, 0) is 12.8 Å².